The first-order valence-electron chi connectivity index (χ1n) is 6.47. The second-order valence-electron chi connectivity index (χ2n) is 4.99. The van der Waals surface area contributed by atoms with E-state index in [2.05, 4.69) is 34.2 Å². The lowest BCUT2D eigenvalue weighted by molar-refractivity contribution is 0.400. The van der Waals surface area contributed by atoms with Crippen LogP contribution in [0.2, 0.25) is 0 Å². The van der Waals surface area contributed by atoms with Crippen molar-refractivity contribution >= 4 is 11.0 Å². The van der Waals surface area contributed by atoms with E-state index in [4.69, 9.17) is 0 Å². The van der Waals surface area contributed by atoms with Crippen LogP contribution >= 0.6 is 0 Å². The number of fused-ring (bicyclic) bond motifs is 1. The maximum atomic E-state index is 4.44. The number of piperidine rings is 1. The average molecular weight is 229 g/mol. The summed E-state index contributed by atoms with van der Waals surface area (Å²) in [4.78, 5) is 4.44. The Kier molecular flexibility index (Phi) is 2.85. The zero-order valence-electron chi connectivity index (χ0n) is 10.3. The maximum absolute atomic E-state index is 4.44. The van der Waals surface area contributed by atoms with Gasteiger partial charge in [-0.2, -0.15) is 0 Å². The van der Waals surface area contributed by atoms with Crippen LogP contribution in [0.25, 0.3) is 11.0 Å². The normalized spacial score (nSPS) is 20.9. The number of nitrogens with zero attached hydrogens (tertiary/aromatic N) is 2. The van der Waals surface area contributed by atoms with Gasteiger partial charge in [0.15, 0.2) is 0 Å². The predicted molar refractivity (Wildman–Crippen MR) is 70.1 cm³/mol. The van der Waals surface area contributed by atoms with Gasteiger partial charge in [0, 0.05) is 30.9 Å². The SMILES string of the molecule is Cn1cc(CC2CCCCN2)c2cccnc21. The highest BCUT2D eigenvalue weighted by molar-refractivity contribution is 5.80. The van der Waals surface area contributed by atoms with Crippen LogP contribution in [0.1, 0.15) is 24.8 Å². The molecule has 1 aliphatic heterocycles. The van der Waals surface area contributed by atoms with Crippen molar-refractivity contribution in [1.29, 1.82) is 0 Å². The van der Waals surface area contributed by atoms with Crippen LogP contribution in [-0.2, 0) is 13.5 Å². The highest BCUT2D eigenvalue weighted by Crippen LogP contribution is 2.21. The minimum absolute atomic E-state index is 0.648. The van der Waals surface area contributed by atoms with Crippen molar-refractivity contribution in [2.24, 2.45) is 7.05 Å². The summed E-state index contributed by atoms with van der Waals surface area (Å²) in [5.41, 5.74) is 2.52. The van der Waals surface area contributed by atoms with Gasteiger partial charge in [0.2, 0.25) is 0 Å². The van der Waals surface area contributed by atoms with Crippen molar-refractivity contribution in [3.05, 3.63) is 30.1 Å². The van der Waals surface area contributed by atoms with Gasteiger partial charge in [-0.05, 0) is 43.5 Å². The van der Waals surface area contributed by atoms with Crippen molar-refractivity contribution in [3.8, 4) is 0 Å². The van der Waals surface area contributed by atoms with Crippen LogP contribution in [0, 0.1) is 0 Å². The maximum Gasteiger partial charge on any atom is 0.139 e. The lowest BCUT2D eigenvalue weighted by Crippen LogP contribution is -2.35. The third kappa shape index (κ3) is 2.07. The molecule has 1 unspecified atom stereocenters. The zero-order chi connectivity index (χ0) is 11.7. The molecule has 1 N–H and O–H groups in total. The minimum atomic E-state index is 0.648. The van der Waals surface area contributed by atoms with Crippen LogP contribution in [0.5, 0.6) is 0 Å². The van der Waals surface area contributed by atoms with Crippen molar-refractivity contribution < 1.29 is 0 Å². The number of aryl methyl sites for hydroxylation is 1. The topological polar surface area (TPSA) is 29.9 Å². The molecule has 0 radical (unpaired) electrons. The Labute approximate surface area is 102 Å². The monoisotopic (exact) mass is 229 g/mol. The smallest absolute Gasteiger partial charge is 0.139 e. The second-order valence-corrected chi connectivity index (χ2v) is 4.99. The van der Waals surface area contributed by atoms with Gasteiger partial charge in [-0.3, -0.25) is 0 Å². The Balaban J connectivity index is 1.89. The molecule has 3 heterocycles. The fraction of sp³-hybridized carbons (Fsp3) is 0.500. The lowest BCUT2D eigenvalue weighted by Gasteiger charge is -2.23. The van der Waals surface area contributed by atoms with Gasteiger partial charge in [0.1, 0.15) is 5.65 Å². The Morgan fingerprint density at radius 3 is 3.24 bits per heavy atom. The van der Waals surface area contributed by atoms with E-state index in [-0.39, 0.29) is 0 Å². The number of aromatic nitrogens is 2. The molecule has 0 aromatic carbocycles. The Bertz CT molecular complexity index is 509. The molecule has 2 aromatic heterocycles. The minimum Gasteiger partial charge on any atom is -0.335 e. The van der Waals surface area contributed by atoms with E-state index in [1.807, 2.05) is 12.3 Å². The van der Waals surface area contributed by atoms with Gasteiger partial charge < -0.3 is 9.88 Å². The zero-order valence-corrected chi connectivity index (χ0v) is 10.3. The molecule has 90 valence electrons. The first-order valence-corrected chi connectivity index (χ1v) is 6.47. The molecule has 3 heteroatoms. The summed E-state index contributed by atoms with van der Waals surface area (Å²) in [5.74, 6) is 0. The van der Waals surface area contributed by atoms with Crippen LogP contribution in [-0.4, -0.2) is 22.1 Å². The number of hydrogen-bond donors (Lipinski definition) is 1. The van der Waals surface area contributed by atoms with E-state index in [0.717, 1.165) is 12.1 Å². The molecule has 3 nitrogen and oxygen atoms in total. The third-order valence-corrected chi connectivity index (χ3v) is 3.69. The Morgan fingerprint density at radius 1 is 1.47 bits per heavy atom. The van der Waals surface area contributed by atoms with E-state index in [9.17, 15) is 0 Å². The molecule has 0 amide bonds. The van der Waals surface area contributed by atoms with E-state index >= 15 is 0 Å². The summed E-state index contributed by atoms with van der Waals surface area (Å²) in [6.45, 7) is 1.17. The fourth-order valence-corrected chi connectivity index (χ4v) is 2.82. The van der Waals surface area contributed by atoms with Crippen LogP contribution in [0.3, 0.4) is 0 Å². The first-order chi connectivity index (χ1) is 8.34. The average Bonchev–Trinajstić information content (AvgIpc) is 2.69. The molecule has 1 aliphatic rings. The fourth-order valence-electron chi connectivity index (χ4n) is 2.82. The van der Waals surface area contributed by atoms with Crippen LogP contribution in [0.4, 0.5) is 0 Å². The molecular weight excluding hydrogens is 210 g/mol. The number of rotatable bonds is 2. The van der Waals surface area contributed by atoms with Crippen molar-refractivity contribution in [2.45, 2.75) is 31.7 Å². The van der Waals surface area contributed by atoms with Crippen molar-refractivity contribution in [3.63, 3.8) is 0 Å². The quantitative estimate of drug-likeness (QED) is 0.856. The van der Waals surface area contributed by atoms with E-state index in [1.165, 1.54) is 36.8 Å². The van der Waals surface area contributed by atoms with E-state index in [0.29, 0.717) is 6.04 Å². The van der Waals surface area contributed by atoms with Crippen molar-refractivity contribution in [1.82, 2.24) is 14.9 Å². The summed E-state index contributed by atoms with van der Waals surface area (Å²) in [5, 5.41) is 4.92. The van der Waals surface area contributed by atoms with Gasteiger partial charge in [0.05, 0.1) is 0 Å². The summed E-state index contributed by atoms with van der Waals surface area (Å²) < 4.78 is 2.13. The molecule has 0 saturated carbocycles. The molecule has 17 heavy (non-hydrogen) atoms. The molecule has 2 aromatic rings. The highest BCUT2D eigenvalue weighted by Gasteiger charge is 2.15. The second kappa shape index (κ2) is 4.49. The standard InChI is InChI=1S/C14H19N3/c1-17-10-11(9-12-5-2-3-7-15-12)13-6-4-8-16-14(13)17/h4,6,8,10,12,15H,2-3,5,7,9H2,1H3. The molecular formula is C14H19N3. The third-order valence-electron chi connectivity index (χ3n) is 3.69. The molecule has 1 atom stereocenters. The van der Waals surface area contributed by atoms with Gasteiger partial charge in [0.25, 0.3) is 0 Å². The Hall–Kier alpha value is -1.35. The number of nitrogens with one attached hydrogen (secondary N) is 1. The predicted octanol–water partition coefficient (Wildman–Crippen LogP) is 2.26. The largest absolute Gasteiger partial charge is 0.335 e. The van der Waals surface area contributed by atoms with Gasteiger partial charge >= 0.3 is 0 Å². The Morgan fingerprint density at radius 2 is 2.41 bits per heavy atom. The van der Waals surface area contributed by atoms with Crippen molar-refractivity contribution in [2.75, 3.05) is 6.54 Å². The molecule has 1 fully saturated rings. The van der Waals surface area contributed by atoms with Gasteiger partial charge in [-0.1, -0.05) is 6.42 Å². The van der Waals surface area contributed by atoms with Gasteiger partial charge in [-0.25, -0.2) is 4.98 Å². The summed E-state index contributed by atoms with van der Waals surface area (Å²) >= 11 is 0. The van der Waals surface area contributed by atoms with E-state index in [1.54, 1.807) is 0 Å². The van der Waals surface area contributed by atoms with Crippen LogP contribution < -0.4 is 5.32 Å². The first kappa shape index (κ1) is 10.8. The number of pyridine rings is 1. The summed E-state index contributed by atoms with van der Waals surface area (Å²) in [7, 11) is 2.08. The van der Waals surface area contributed by atoms with Crippen LogP contribution in [0.15, 0.2) is 24.5 Å². The highest BCUT2D eigenvalue weighted by atomic mass is 15.0. The summed E-state index contributed by atoms with van der Waals surface area (Å²) in [6.07, 6.45) is 9.22. The molecule has 0 spiro atoms. The van der Waals surface area contributed by atoms with E-state index < -0.39 is 0 Å². The molecule has 0 bridgehead atoms. The lowest BCUT2D eigenvalue weighted by atomic mass is 9.98. The molecule has 3 rings (SSSR count). The molecule has 0 aliphatic carbocycles. The summed E-state index contributed by atoms with van der Waals surface area (Å²) in [6, 6.07) is 4.86. The molecule has 1 saturated heterocycles. The number of hydrogen-bond acceptors (Lipinski definition) is 2. The van der Waals surface area contributed by atoms with Gasteiger partial charge in [-0.15, -0.1) is 0 Å².